The minimum Gasteiger partial charge on any atom is -0.460 e. The molecule has 1 N–H and O–H groups in total. The lowest BCUT2D eigenvalue weighted by Crippen LogP contribution is -2.32. The van der Waals surface area contributed by atoms with E-state index in [0.29, 0.717) is 5.88 Å². The van der Waals surface area contributed by atoms with Crippen LogP contribution in [0.3, 0.4) is 0 Å². The topological polar surface area (TPSA) is 24.1 Å². The Morgan fingerprint density at radius 3 is 2.90 bits per heavy atom. The predicted molar refractivity (Wildman–Crippen MR) is 38.6 cm³/mol. The summed E-state index contributed by atoms with van der Waals surface area (Å²) in [7, 11) is 0. The maximum atomic E-state index is 9.20. The van der Waals surface area contributed by atoms with Crippen LogP contribution in [0.1, 0.15) is 13.3 Å². The van der Waals surface area contributed by atoms with E-state index in [2.05, 4.69) is 6.92 Å². The SMILES string of the molecule is CCC[n+]1ccccc1O. The molecule has 0 radical (unpaired) electrons. The molecule has 0 fully saturated rings. The number of rotatable bonds is 2. The van der Waals surface area contributed by atoms with Crippen molar-refractivity contribution < 1.29 is 9.67 Å². The third-order valence-corrected chi connectivity index (χ3v) is 1.38. The summed E-state index contributed by atoms with van der Waals surface area (Å²) in [4.78, 5) is 0. The molecule has 1 aromatic heterocycles. The molecule has 0 aromatic carbocycles. The van der Waals surface area contributed by atoms with E-state index < -0.39 is 0 Å². The number of hydrogen-bond donors (Lipinski definition) is 1. The average molecular weight is 138 g/mol. The second kappa shape index (κ2) is 3.20. The van der Waals surface area contributed by atoms with E-state index in [1.807, 2.05) is 22.9 Å². The molecule has 1 rings (SSSR count). The normalized spacial score (nSPS) is 9.70. The summed E-state index contributed by atoms with van der Waals surface area (Å²) >= 11 is 0. The number of aryl methyl sites for hydroxylation is 1. The van der Waals surface area contributed by atoms with Gasteiger partial charge in [-0.1, -0.05) is 6.92 Å². The number of pyridine rings is 1. The first-order chi connectivity index (χ1) is 4.84. The summed E-state index contributed by atoms with van der Waals surface area (Å²) < 4.78 is 1.82. The van der Waals surface area contributed by atoms with Crippen LogP contribution in [0.2, 0.25) is 0 Å². The van der Waals surface area contributed by atoms with Crippen molar-refractivity contribution in [3.05, 3.63) is 24.4 Å². The van der Waals surface area contributed by atoms with E-state index in [4.69, 9.17) is 0 Å². The highest BCUT2D eigenvalue weighted by Gasteiger charge is 2.02. The van der Waals surface area contributed by atoms with E-state index in [9.17, 15) is 5.11 Å². The fourth-order valence-electron chi connectivity index (χ4n) is 0.897. The van der Waals surface area contributed by atoms with Crippen molar-refractivity contribution in [2.45, 2.75) is 19.9 Å². The Bertz CT molecular complexity index is 210. The number of aromatic nitrogens is 1. The van der Waals surface area contributed by atoms with Gasteiger partial charge in [0, 0.05) is 12.5 Å². The zero-order valence-corrected chi connectivity index (χ0v) is 6.12. The van der Waals surface area contributed by atoms with Crippen LogP contribution in [-0.2, 0) is 6.54 Å². The zero-order chi connectivity index (χ0) is 7.40. The smallest absolute Gasteiger partial charge is 0.365 e. The van der Waals surface area contributed by atoms with E-state index in [0.717, 1.165) is 13.0 Å². The number of nitrogens with zero attached hydrogens (tertiary/aromatic N) is 1. The van der Waals surface area contributed by atoms with Crippen LogP contribution in [0.5, 0.6) is 5.88 Å². The van der Waals surface area contributed by atoms with Crippen molar-refractivity contribution in [2.24, 2.45) is 0 Å². The zero-order valence-electron chi connectivity index (χ0n) is 6.12. The van der Waals surface area contributed by atoms with Crippen molar-refractivity contribution in [2.75, 3.05) is 0 Å². The molecule has 1 heterocycles. The van der Waals surface area contributed by atoms with Gasteiger partial charge in [-0.2, -0.15) is 4.57 Å². The van der Waals surface area contributed by atoms with Gasteiger partial charge in [0.25, 0.3) is 0 Å². The fraction of sp³-hybridized carbons (Fsp3) is 0.375. The molecule has 0 saturated heterocycles. The van der Waals surface area contributed by atoms with Crippen LogP contribution in [0.15, 0.2) is 24.4 Å². The lowest BCUT2D eigenvalue weighted by Gasteiger charge is -1.93. The largest absolute Gasteiger partial charge is 0.460 e. The standard InChI is InChI=1S/C8H11NO/c1-2-6-9-7-4-3-5-8(9)10/h3-5,7H,2,6H2,1H3/p+1. The lowest BCUT2D eigenvalue weighted by atomic mass is 10.4. The second-order valence-corrected chi connectivity index (χ2v) is 2.25. The van der Waals surface area contributed by atoms with Gasteiger partial charge in [-0.25, -0.2) is 0 Å². The highest BCUT2D eigenvalue weighted by atomic mass is 16.3. The molecule has 10 heavy (non-hydrogen) atoms. The van der Waals surface area contributed by atoms with Crippen molar-refractivity contribution in [3.63, 3.8) is 0 Å². The van der Waals surface area contributed by atoms with E-state index in [1.54, 1.807) is 6.07 Å². The van der Waals surface area contributed by atoms with Gasteiger partial charge >= 0.3 is 5.88 Å². The molecule has 0 aliphatic carbocycles. The van der Waals surface area contributed by atoms with Crippen LogP contribution < -0.4 is 4.57 Å². The Morgan fingerprint density at radius 1 is 1.50 bits per heavy atom. The monoisotopic (exact) mass is 138 g/mol. The fourth-order valence-corrected chi connectivity index (χ4v) is 0.897. The molecule has 0 amide bonds. The van der Waals surface area contributed by atoms with Crippen LogP contribution >= 0.6 is 0 Å². The summed E-state index contributed by atoms with van der Waals surface area (Å²) in [6.45, 7) is 2.96. The van der Waals surface area contributed by atoms with Crippen molar-refractivity contribution in [3.8, 4) is 5.88 Å². The molecule has 0 spiro atoms. The molecule has 0 saturated carbocycles. The van der Waals surface area contributed by atoms with Gasteiger partial charge in [0.05, 0.1) is 6.07 Å². The van der Waals surface area contributed by atoms with Crippen molar-refractivity contribution in [1.29, 1.82) is 0 Å². The van der Waals surface area contributed by atoms with Crippen LogP contribution in [0.4, 0.5) is 0 Å². The molecule has 0 unspecified atom stereocenters. The van der Waals surface area contributed by atoms with Crippen LogP contribution in [-0.4, -0.2) is 5.11 Å². The molecule has 0 aliphatic rings. The van der Waals surface area contributed by atoms with E-state index >= 15 is 0 Å². The third-order valence-electron chi connectivity index (χ3n) is 1.38. The first kappa shape index (κ1) is 7.06. The minimum absolute atomic E-state index is 0.337. The van der Waals surface area contributed by atoms with Gasteiger partial charge in [-0.15, -0.1) is 0 Å². The lowest BCUT2D eigenvalue weighted by molar-refractivity contribution is -0.702. The maximum Gasteiger partial charge on any atom is 0.365 e. The average Bonchev–Trinajstić information content (AvgIpc) is 1.94. The summed E-state index contributed by atoms with van der Waals surface area (Å²) in [6.07, 6.45) is 2.92. The number of aromatic hydroxyl groups is 1. The number of hydrogen-bond acceptors (Lipinski definition) is 1. The maximum absolute atomic E-state index is 9.20. The van der Waals surface area contributed by atoms with Gasteiger partial charge in [0.2, 0.25) is 0 Å². The highest BCUT2D eigenvalue weighted by molar-refractivity contribution is 4.99. The van der Waals surface area contributed by atoms with Gasteiger partial charge in [-0.05, 0) is 6.07 Å². The van der Waals surface area contributed by atoms with E-state index in [-0.39, 0.29) is 0 Å². The Labute approximate surface area is 60.8 Å². The third kappa shape index (κ3) is 1.47. The van der Waals surface area contributed by atoms with Crippen molar-refractivity contribution >= 4 is 0 Å². The van der Waals surface area contributed by atoms with Gasteiger partial charge in [0.15, 0.2) is 12.7 Å². The minimum atomic E-state index is 0.337. The molecule has 0 atom stereocenters. The second-order valence-electron chi connectivity index (χ2n) is 2.25. The Kier molecular flexibility index (Phi) is 2.26. The molecule has 0 aliphatic heterocycles. The molecule has 2 nitrogen and oxygen atoms in total. The van der Waals surface area contributed by atoms with E-state index in [1.165, 1.54) is 0 Å². The summed E-state index contributed by atoms with van der Waals surface area (Å²) in [6, 6.07) is 5.42. The Balaban J connectivity index is 2.81. The molecule has 2 heteroatoms. The van der Waals surface area contributed by atoms with Crippen molar-refractivity contribution in [1.82, 2.24) is 0 Å². The summed E-state index contributed by atoms with van der Waals surface area (Å²) in [5.41, 5.74) is 0. The summed E-state index contributed by atoms with van der Waals surface area (Å²) in [5.74, 6) is 0.337. The highest BCUT2D eigenvalue weighted by Crippen LogP contribution is 1.97. The van der Waals surface area contributed by atoms with Gasteiger partial charge in [-0.3, -0.25) is 0 Å². The quantitative estimate of drug-likeness (QED) is 0.608. The molecule has 1 aromatic rings. The Hall–Kier alpha value is -1.05. The van der Waals surface area contributed by atoms with Crippen LogP contribution in [0.25, 0.3) is 0 Å². The molecular weight excluding hydrogens is 126 g/mol. The first-order valence-electron chi connectivity index (χ1n) is 3.52. The predicted octanol–water partition coefficient (Wildman–Crippen LogP) is 1.09. The van der Waals surface area contributed by atoms with Gasteiger partial charge < -0.3 is 5.11 Å². The van der Waals surface area contributed by atoms with Crippen LogP contribution in [0, 0.1) is 0 Å². The summed E-state index contributed by atoms with van der Waals surface area (Å²) in [5, 5.41) is 9.20. The Morgan fingerprint density at radius 2 is 2.30 bits per heavy atom. The molecule has 0 bridgehead atoms. The van der Waals surface area contributed by atoms with Gasteiger partial charge in [0.1, 0.15) is 0 Å². The first-order valence-corrected chi connectivity index (χ1v) is 3.52. The molecule has 54 valence electrons. The molecular formula is C8H12NO+.